The van der Waals surface area contributed by atoms with Gasteiger partial charge in [-0.05, 0) is 31.0 Å². The second kappa shape index (κ2) is 6.47. The van der Waals surface area contributed by atoms with Gasteiger partial charge in [-0.15, -0.1) is 0 Å². The first-order chi connectivity index (χ1) is 9.63. The highest BCUT2D eigenvalue weighted by molar-refractivity contribution is 5.82. The number of ether oxygens (including phenoxy) is 1. The summed E-state index contributed by atoms with van der Waals surface area (Å²) in [4.78, 5) is 12.1. The molecule has 1 rings (SSSR count). The summed E-state index contributed by atoms with van der Waals surface area (Å²) in [5.41, 5.74) is -2.52. The fourth-order valence-electron chi connectivity index (χ4n) is 2.06. The summed E-state index contributed by atoms with van der Waals surface area (Å²) in [5.74, 6) is -0.577. The van der Waals surface area contributed by atoms with Gasteiger partial charge in [-0.25, -0.2) is 4.79 Å². The highest BCUT2D eigenvalue weighted by atomic mass is 19.4. The van der Waals surface area contributed by atoms with Crippen molar-refractivity contribution in [2.45, 2.75) is 32.5 Å². The van der Waals surface area contributed by atoms with E-state index in [1.54, 1.807) is 0 Å². The molecule has 0 aliphatic rings. The van der Waals surface area contributed by atoms with Crippen LogP contribution in [0.25, 0.3) is 0 Å². The van der Waals surface area contributed by atoms with Crippen LogP contribution in [0.2, 0.25) is 0 Å². The molecule has 6 heteroatoms. The van der Waals surface area contributed by atoms with Crippen LogP contribution >= 0.6 is 0 Å². The van der Waals surface area contributed by atoms with Crippen molar-refractivity contribution in [1.29, 1.82) is 0 Å². The molecule has 0 heterocycles. The zero-order chi connectivity index (χ0) is 16.3. The van der Waals surface area contributed by atoms with E-state index in [9.17, 15) is 18.0 Å². The Balaban J connectivity index is 3.37. The van der Waals surface area contributed by atoms with Crippen LogP contribution in [0.4, 0.5) is 13.2 Å². The van der Waals surface area contributed by atoms with Crippen LogP contribution in [-0.4, -0.2) is 19.6 Å². The second-order valence-corrected chi connectivity index (χ2v) is 5.43. The number of rotatable bonds is 5. The number of carbonyl (C=O) groups is 1. The lowest BCUT2D eigenvalue weighted by atomic mass is 9.87. The van der Waals surface area contributed by atoms with Gasteiger partial charge in [0.05, 0.1) is 12.7 Å². The number of alkyl halides is 3. The van der Waals surface area contributed by atoms with E-state index in [1.807, 2.05) is 13.8 Å². The zero-order valence-corrected chi connectivity index (χ0v) is 12.5. The standard InChI is InChI=1S/C15H20F3NO2/c1-10(2)9-19-14(3,13(20)21-4)11-7-5-6-8-12(11)15(16,17)18/h5-8,10,19H,9H2,1-4H3. The molecule has 0 fully saturated rings. The number of hydrogen-bond acceptors (Lipinski definition) is 3. The van der Waals surface area contributed by atoms with E-state index < -0.39 is 23.2 Å². The van der Waals surface area contributed by atoms with Crippen LogP contribution in [0.5, 0.6) is 0 Å². The van der Waals surface area contributed by atoms with E-state index >= 15 is 0 Å². The van der Waals surface area contributed by atoms with Crippen molar-refractivity contribution in [3.05, 3.63) is 35.4 Å². The average Bonchev–Trinajstić information content (AvgIpc) is 2.42. The van der Waals surface area contributed by atoms with Gasteiger partial charge in [-0.1, -0.05) is 32.0 Å². The number of halogens is 3. The zero-order valence-electron chi connectivity index (χ0n) is 12.5. The van der Waals surface area contributed by atoms with Crippen molar-refractivity contribution >= 4 is 5.97 Å². The van der Waals surface area contributed by atoms with Crippen molar-refractivity contribution < 1.29 is 22.7 Å². The Hall–Kier alpha value is -1.56. The minimum absolute atomic E-state index is 0.134. The number of carbonyl (C=O) groups excluding carboxylic acids is 1. The summed E-state index contributed by atoms with van der Waals surface area (Å²) in [6.45, 7) is 5.60. The van der Waals surface area contributed by atoms with E-state index in [2.05, 4.69) is 5.32 Å². The molecule has 1 aromatic carbocycles. The Morgan fingerprint density at radius 2 is 1.76 bits per heavy atom. The highest BCUT2D eigenvalue weighted by Crippen LogP contribution is 2.37. The van der Waals surface area contributed by atoms with E-state index in [0.29, 0.717) is 6.54 Å². The molecule has 0 radical (unpaired) electrons. The molecule has 118 valence electrons. The van der Waals surface area contributed by atoms with Crippen molar-refractivity contribution in [1.82, 2.24) is 5.32 Å². The monoisotopic (exact) mass is 303 g/mol. The molecule has 1 unspecified atom stereocenters. The van der Waals surface area contributed by atoms with E-state index in [0.717, 1.165) is 13.2 Å². The number of benzene rings is 1. The fraction of sp³-hybridized carbons (Fsp3) is 0.533. The summed E-state index contributed by atoms with van der Waals surface area (Å²) < 4.78 is 44.2. The first kappa shape index (κ1) is 17.5. The summed E-state index contributed by atoms with van der Waals surface area (Å²) in [6.07, 6.45) is -4.54. The molecule has 21 heavy (non-hydrogen) atoms. The fourth-order valence-corrected chi connectivity index (χ4v) is 2.06. The molecule has 0 saturated heterocycles. The smallest absolute Gasteiger partial charge is 0.416 e. The van der Waals surface area contributed by atoms with E-state index in [1.165, 1.54) is 25.1 Å². The first-order valence-electron chi connectivity index (χ1n) is 6.63. The van der Waals surface area contributed by atoms with E-state index in [-0.39, 0.29) is 11.5 Å². The average molecular weight is 303 g/mol. The first-order valence-corrected chi connectivity index (χ1v) is 6.63. The third kappa shape index (κ3) is 3.97. The minimum atomic E-state index is -4.54. The van der Waals surface area contributed by atoms with E-state index in [4.69, 9.17) is 4.74 Å². The topological polar surface area (TPSA) is 38.3 Å². The molecule has 1 aromatic rings. The van der Waals surface area contributed by atoms with Crippen LogP contribution in [0.1, 0.15) is 31.9 Å². The molecule has 1 atom stereocenters. The Labute approximate surface area is 122 Å². The summed E-state index contributed by atoms with van der Waals surface area (Å²) in [6, 6.07) is 5.04. The molecule has 0 aromatic heterocycles. The molecule has 1 N–H and O–H groups in total. The minimum Gasteiger partial charge on any atom is -0.467 e. The lowest BCUT2D eigenvalue weighted by Crippen LogP contribution is -2.49. The predicted octanol–water partition coefficient (Wildman–Crippen LogP) is 3.34. The number of methoxy groups -OCH3 is 1. The third-order valence-electron chi connectivity index (χ3n) is 3.23. The Kier molecular flexibility index (Phi) is 5.39. The maximum absolute atomic E-state index is 13.2. The van der Waals surface area contributed by atoms with Crippen LogP contribution in [0, 0.1) is 5.92 Å². The van der Waals surface area contributed by atoms with Gasteiger partial charge in [-0.2, -0.15) is 13.2 Å². The molecule has 3 nitrogen and oxygen atoms in total. The number of hydrogen-bond donors (Lipinski definition) is 1. The van der Waals surface area contributed by atoms with Crippen LogP contribution in [-0.2, 0) is 21.2 Å². The summed E-state index contributed by atoms with van der Waals surface area (Å²) in [7, 11) is 1.16. The molecule has 0 saturated carbocycles. The Morgan fingerprint density at radius 3 is 2.19 bits per heavy atom. The van der Waals surface area contributed by atoms with Gasteiger partial charge in [0.1, 0.15) is 5.54 Å². The third-order valence-corrected chi connectivity index (χ3v) is 3.23. The van der Waals surface area contributed by atoms with Gasteiger partial charge in [0, 0.05) is 0 Å². The molecule has 0 aliphatic heterocycles. The largest absolute Gasteiger partial charge is 0.467 e. The summed E-state index contributed by atoms with van der Waals surface area (Å²) in [5, 5.41) is 2.90. The lowest BCUT2D eigenvalue weighted by Gasteiger charge is -2.31. The van der Waals surface area contributed by atoms with Crippen LogP contribution in [0.15, 0.2) is 24.3 Å². The van der Waals surface area contributed by atoms with Gasteiger partial charge >= 0.3 is 12.1 Å². The van der Waals surface area contributed by atoms with Gasteiger partial charge < -0.3 is 4.74 Å². The second-order valence-electron chi connectivity index (χ2n) is 5.43. The molecule has 0 bridgehead atoms. The maximum Gasteiger partial charge on any atom is 0.416 e. The Morgan fingerprint density at radius 1 is 1.24 bits per heavy atom. The Bertz CT molecular complexity index is 500. The predicted molar refractivity (Wildman–Crippen MR) is 73.7 cm³/mol. The normalized spacial score (nSPS) is 14.9. The number of esters is 1. The maximum atomic E-state index is 13.2. The lowest BCUT2D eigenvalue weighted by molar-refractivity contribution is -0.150. The quantitative estimate of drug-likeness (QED) is 0.848. The van der Waals surface area contributed by atoms with Crippen molar-refractivity contribution in [3.63, 3.8) is 0 Å². The van der Waals surface area contributed by atoms with Gasteiger partial charge in [-0.3, -0.25) is 5.32 Å². The molecular formula is C15H20F3NO2. The van der Waals surface area contributed by atoms with Gasteiger partial charge in [0.2, 0.25) is 0 Å². The SMILES string of the molecule is COC(=O)C(C)(NCC(C)C)c1ccccc1C(F)(F)F. The highest BCUT2D eigenvalue weighted by Gasteiger charge is 2.43. The molecule has 0 spiro atoms. The van der Waals surface area contributed by atoms with Gasteiger partial charge in [0.15, 0.2) is 0 Å². The molecule has 0 aliphatic carbocycles. The molecule has 0 amide bonds. The van der Waals surface area contributed by atoms with Crippen molar-refractivity contribution in [3.8, 4) is 0 Å². The van der Waals surface area contributed by atoms with Crippen molar-refractivity contribution in [2.75, 3.05) is 13.7 Å². The number of nitrogens with one attached hydrogen (secondary N) is 1. The van der Waals surface area contributed by atoms with Crippen LogP contribution < -0.4 is 5.32 Å². The van der Waals surface area contributed by atoms with Crippen LogP contribution in [0.3, 0.4) is 0 Å². The van der Waals surface area contributed by atoms with Gasteiger partial charge in [0.25, 0.3) is 0 Å². The van der Waals surface area contributed by atoms with Crippen molar-refractivity contribution in [2.24, 2.45) is 5.92 Å². The molecular weight excluding hydrogens is 283 g/mol. The summed E-state index contributed by atoms with van der Waals surface area (Å²) >= 11 is 0.